The lowest BCUT2D eigenvalue weighted by Gasteiger charge is -2.18. The summed E-state index contributed by atoms with van der Waals surface area (Å²) in [4.78, 5) is 10.1. The van der Waals surface area contributed by atoms with Gasteiger partial charge in [-0.15, -0.1) is 0 Å². The Morgan fingerprint density at radius 3 is 2.68 bits per heavy atom. The molecule has 28 heavy (non-hydrogen) atoms. The van der Waals surface area contributed by atoms with Gasteiger partial charge >= 0.3 is 6.61 Å². The average Bonchev–Trinajstić information content (AvgIpc) is 2.99. The standard InChI is InChI=1S/C17H17F2N3O5S/c18-17(19)27-16-10-14(22(23)24)5-6-15(16)20-11-12-3-1-4-13(9-12)21-7-2-8-28(21,25)26/h1,3-6,9-10,17,20H,2,7-8,11H2. The SMILES string of the molecule is O=[N+]([O-])c1ccc(NCc2cccc(N3CCCS3(=O)=O)c2)c(OC(F)F)c1. The number of ether oxygens (including phenoxy) is 1. The zero-order valence-electron chi connectivity index (χ0n) is 14.5. The molecule has 1 aliphatic heterocycles. The Kier molecular flexibility index (Phi) is 5.63. The highest BCUT2D eigenvalue weighted by Crippen LogP contribution is 2.31. The zero-order chi connectivity index (χ0) is 20.3. The number of nitrogens with one attached hydrogen (secondary N) is 1. The molecule has 1 fully saturated rings. The third-order valence-electron chi connectivity index (χ3n) is 4.17. The van der Waals surface area contributed by atoms with Crippen molar-refractivity contribution >= 4 is 27.1 Å². The number of anilines is 2. The van der Waals surface area contributed by atoms with Crippen molar-refractivity contribution < 1.29 is 26.9 Å². The van der Waals surface area contributed by atoms with Gasteiger partial charge in [0.25, 0.3) is 5.69 Å². The van der Waals surface area contributed by atoms with E-state index < -0.39 is 21.6 Å². The molecule has 0 aromatic heterocycles. The first-order chi connectivity index (χ1) is 13.3. The van der Waals surface area contributed by atoms with Gasteiger partial charge in [0.15, 0.2) is 5.75 Å². The fourth-order valence-corrected chi connectivity index (χ4v) is 4.47. The number of nitrogens with zero attached hydrogens (tertiary/aromatic N) is 2. The molecule has 0 radical (unpaired) electrons. The van der Waals surface area contributed by atoms with Gasteiger partial charge in [0.1, 0.15) is 0 Å². The molecule has 11 heteroatoms. The third kappa shape index (κ3) is 4.47. The van der Waals surface area contributed by atoms with E-state index in [1.165, 1.54) is 16.4 Å². The summed E-state index contributed by atoms with van der Waals surface area (Å²) in [5.74, 6) is -0.241. The van der Waals surface area contributed by atoms with Crippen LogP contribution in [0.4, 0.5) is 25.8 Å². The molecule has 0 atom stereocenters. The topological polar surface area (TPSA) is 102 Å². The molecule has 0 unspecified atom stereocenters. The van der Waals surface area contributed by atoms with E-state index in [9.17, 15) is 27.3 Å². The van der Waals surface area contributed by atoms with Crippen LogP contribution in [-0.2, 0) is 16.6 Å². The number of alkyl halides is 2. The predicted octanol–water partition coefficient (Wildman–Crippen LogP) is 3.35. The van der Waals surface area contributed by atoms with Crippen molar-refractivity contribution in [3.63, 3.8) is 0 Å². The van der Waals surface area contributed by atoms with Gasteiger partial charge in [-0.2, -0.15) is 8.78 Å². The first-order valence-electron chi connectivity index (χ1n) is 8.33. The Balaban J connectivity index is 1.79. The van der Waals surface area contributed by atoms with Crippen LogP contribution in [0.25, 0.3) is 0 Å². The minimum atomic E-state index is -3.31. The fourth-order valence-electron chi connectivity index (χ4n) is 2.91. The third-order valence-corrected chi connectivity index (χ3v) is 6.04. The van der Waals surface area contributed by atoms with Gasteiger partial charge in [-0.25, -0.2) is 8.42 Å². The number of nitro benzene ring substituents is 1. The molecule has 0 saturated carbocycles. The lowest BCUT2D eigenvalue weighted by atomic mass is 10.2. The Morgan fingerprint density at radius 1 is 1.25 bits per heavy atom. The van der Waals surface area contributed by atoms with Crippen LogP contribution >= 0.6 is 0 Å². The van der Waals surface area contributed by atoms with Crippen molar-refractivity contribution in [2.24, 2.45) is 0 Å². The number of hydrogen-bond acceptors (Lipinski definition) is 6. The van der Waals surface area contributed by atoms with Crippen LogP contribution in [0, 0.1) is 10.1 Å². The van der Waals surface area contributed by atoms with Crippen molar-refractivity contribution in [3.8, 4) is 5.75 Å². The molecule has 1 N–H and O–H groups in total. The second-order valence-electron chi connectivity index (χ2n) is 6.08. The first kappa shape index (κ1) is 19.8. The number of sulfonamides is 1. The number of hydrogen-bond donors (Lipinski definition) is 1. The van der Waals surface area contributed by atoms with Gasteiger partial charge in [0, 0.05) is 19.2 Å². The Bertz CT molecular complexity index is 985. The second kappa shape index (κ2) is 7.97. The maximum absolute atomic E-state index is 12.6. The van der Waals surface area contributed by atoms with Gasteiger partial charge in [-0.1, -0.05) is 12.1 Å². The van der Waals surface area contributed by atoms with E-state index in [4.69, 9.17) is 0 Å². The summed E-state index contributed by atoms with van der Waals surface area (Å²) in [5.41, 5.74) is 1.03. The molecule has 1 saturated heterocycles. The van der Waals surface area contributed by atoms with Crippen LogP contribution < -0.4 is 14.4 Å². The lowest BCUT2D eigenvalue weighted by molar-refractivity contribution is -0.385. The van der Waals surface area contributed by atoms with E-state index >= 15 is 0 Å². The highest BCUT2D eigenvalue weighted by Gasteiger charge is 2.28. The van der Waals surface area contributed by atoms with Crippen molar-refractivity contribution in [1.29, 1.82) is 0 Å². The van der Waals surface area contributed by atoms with Crippen LogP contribution in [0.2, 0.25) is 0 Å². The molecule has 2 aromatic carbocycles. The van der Waals surface area contributed by atoms with Gasteiger partial charge in [0.05, 0.1) is 28.1 Å². The molecule has 3 rings (SSSR count). The van der Waals surface area contributed by atoms with E-state index in [0.29, 0.717) is 24.2 Å². The molecule has 0 spiro atoms. The second-order valence-corrected chi connectivity index (χ2v) is 8.09. The lowest BCUT2D eigenvalue weighted by Crippen LogP contribution is -2.25. The molecule has 150 valence electrons. The van der Waals surface area contributed by atoms with E-state index in [2.05, 4.69) is 10.1 Å². The summed E-state index contributed by atoms with van der Waals surface area (Å²) in [6.45, 7) is -2.54. The summed E-state index contributed by atoms with van der Waals surface area (Å²) in [6, 6.07) is 10.2. The number of benzene rings is 2. The summed E-state index contributed by atoms with van der Waals surface area (Å²) in [7, 11) is -3.31. The summed E-state index contributed by atoms with van der Waals surface area (Å²) < 4.78 is 55.0. The summed E-state index contributed by atoms with van der Waals surface area (Å²) >= 11 is 0. The van der Waals surface area contributed by atoms with Gasteiger partial charge in [-0.05, 0) is 30.2 Å². The van der Waals surface area contributed by atoms with E-state index in [1.807, 2.05) is 0 Å². The van der Waals surface area contributed by atoms with Crippen LogP contribution in [-0.4, -0.2) is 32.3 Å². The van der Waals surface area contributed by atoms with E-state index in [0.717, 1.165) is 6.07 Å². The minimum Gasteiger partial charge on any atom is -0.432 e. The number of non-ortho nitro benzene ring substituents is 1. The van der Waals surface area contributed by atoms with E-state index in [-0.39, 0.29) is 29.4 Å². The maximum atomic E-state index is 12.6. The predicted molar refractivity (Wildman–Crippen MR) is 99.2 cm³/mol. The Hall–Kier alpha value is -2.95. The number of rotatable bonds is 7. The molecule has 2 aromatic rings. The molecule has 8 nitrogen and oxygen atoms in total. The van der Waals surface area contributed by atoms with Crippen LogP contribution in [0.15, 0.2) is 42.5 Å². The van der Waals surface area contributed by atoms with Crippen molar-refractivity contribution in [1.82, 2.24) is 0 Å². The van der Waals surface area contributed by atoms with Crippen LogP contribution in [0.5, 0.6) is 5.75 Å². The first-order valence-corrected chi connectivity index (χ1v) is 9.94. The molecule has 1 aliphatic rings. The quantitative estimate of drug-likeness (QED) is 0.552. The number of nitro groups is 1. The van der Waals surface area contributed by atoms with Crippen molar-refractivity contribution in [3.05, 3.63) is 58.1 Å². The largest absolute Gasteiger partial charge is 0.432 e. The molecule has 1 heterocycles. The smallest absolute Gasteiger partial charge is 0.387 e. The van der Waals surface area contributed by atoms with Gasteiger partial charge in [-0.3, -0.25) is 14.4 Å². The minimum absolute atomic E-state index is 0.104. The van der Waals surface area contributed by atoms with Gasteiger partial charge in [0.2, 0.25) is 10.0 Å². The van der Waals surface area contributed by atoms with Crippen LogP contribution in [0.3, 0.4) is 0 Å². The Labute approximate surface area is 159 Å². The van der Waals surface area contributed by atoms with Crippen molar-refractivity contribution in [2.75, 3.05) is 21.9 Å². The molecule has 0 bridgehead atoms. The van der Waals surface area contributed by atoms with Crippen LogP contribution in [0.1, 0.15) is 12.0 Å². The Morgan fingerprint density at radius 2 is 2.04 bits per heavy atom. The van der Waals surface area contributed by atoms with E-state index in [1.54, 1.807) is 24.3 Å². The fraction of sp³-hybridized carbons (Fsp3) is 0.294. The summed E-state index contributed by atoms with van der Waals surface area (Å²) in [6.07, 6.45) is 0.557. The monoisotopic (exact) mass is 413 g/mol. The molecule has 0 amide bonds. The average molecular weight is 413 g/mol. The highest BCUT2D eigenvalue weighted by atomic mass is 32.2. The summed E-state index contributed by atoms with van der Waals surface area (Å²) in [5, 5.41) is 13.7. The zero-order valence-corrected chi connectivity index (χ0v) is 15.4. The maximum Gasteiger partial charge on any atom is 0.387 e. The normalized spacial score (nSPS) is 15.6. The molecular formula is C17H17F2N3O5S. The van der Waals surface area contributed by atoms with Gasteiger partial charge < -0.3 is 10.1 Å². The molecule has 0 aliphatic carbocycles. The number of halogens is 2. The molecular weight excluding hydrogens is 396 g/mol. The highest BCUT2D eigenvalue weighted by molar-refractivity contribution is 7.93. The van der Waals surface area contributed by atoms with Crippen molar-refractivity contribution in [2.45, 2.75) is 19.6 Å².